The van der Waals surface area contributed by atoms with Gasteiger partial charge in [-0.25, -0.2) is 4.98 Å². The Kier molecular flexibility index (Phi) is 3.86. The van der Waals surface area contributed by atoms with Crippen LogP contribution in [0.25, 0.3) is 10.9 Å². The number of hydrogen-bond acceptors (Lipinski definition) is 4. The van der Waals surface area contributed by atoms with Crippen LogP contribution < -0.4 is 10.2 Å². The van der Waals surface area contributed by atoms with Crippen LogP contribution in [0.2, 0.25) is 0 Å². The second kappa shape index (κ2) is 6.31. The molecule has 2 N–H and O–H groups in total. The molecule has 0 saturated carbocycles. The van der Waals surface area contributed by atoms with Gasteiger partial charge in [0.2, 0.25) is 0 Å². The van der Waals surface area contributed by atoms with Crippen LogP contribution in [0.4, 0.5) is 5.82 Å². The van der Waals surface area contributed by atoms with Crippen LogP contribution in [0, 0.1) is 0 Å². The van der Waals surface area contributed by atoms with Gasteiger partial charge < -0.3 is 10.2 Å². The zero-order valence-corrected chi connectivity index (χ0v) is 13.3. The second-order valence-electron chi connectivity index (χ2n) is 6.02. The van der Waals surface area contributed by atoms with Gasteiger partial charge in [-0.05, 0) is 30.5 Å². The lowest BCUT2D eigenvalue weighted by Crippen LogP contribution is -2.24. The smallest absolute Gasteiger partial charge is 0.272 e. The van der Waals surface area contributed by atoms with E-state index in [4.69, 9.17) is 0 Å². The number of rotatable bonds is 4. The summed E-state index contributed by atoms with van der Waals surface area (Å²) in [6.45, 7) is 2.60. The van der Waals surface area contributed by atoms with E-state index in [-0.39, 0.29) is 5.91 Å². The van der Waals surface area contributed by atoms with Crippen molar-refractivity contribution in [2.45, 2.75) is 19.4 Å². The second-order valence-corrected chi connectivity index (χ2v) is 6.02. The van der Waals surface area contributed by atoms with Gasteiger partial charge in [-0.15, -0.1) is 0 Å². The first kappa shape index (κ1) is 14.7. The largest absolute Gasteiger partial charge is 0.357 e. The lowest BCUT2D eigenvalue weighted by molar-refractivity contribution is 0.0947. The van der Waals surface area contributed by atoms with E-state index in [9.17, 15) is 4.79 Å². The molecule has 24 heavy (non-hydrogen) atoms. The minimum Gasteiger partial charge on any atom is -0.357 e. The molecule has 6 nitrogen and oxygen atoms in total. The summed E-state index contributed by atoms with van der Waals surface area (Å²) in [5.74, 6) is 0.831. The Bertz CT molecular complexity index is 849. The molecule has 0 aliphatic carbocycles. The van der Waals surface area contributed by atoms with E-state index in [2.05, 4.69) is 25.4 Å². The summed E-state index contributed by atoms with van der Waals surface area (Å²) in [6, 6.07) is 11.6. The molecule has 0 unspecified atom stereocenters. The molecule has 6 heteroatoms. The van der Waals surface area contributed by atoms with Crippen molar-refractivity contribution in [3.63, 3.8) is 0 Å². The SMILES string of the molecule is O=C(NCc1ccc(N2CCCC2)nc1)c1n[nH]c2ccccc12. The Morgan fingerprint density at radius 1 is 1.17 bits per heavy atom. The van der Waals surface area contributed by atoms with Crippen LogP contribution in [-0.4, -0.2) is 34.2 Å². The molecule has 0 atom stereocenters. The molecule has 0 bridgehead atoms. The van der Waals surface area contributed by atoms with Gasteiger partial charge in [0.25, 0.3) is 5.91 Å². The lowest BCUT2D eigenvalue weighted by atomic mass is 10.2. The van der Waals surface area contributed by atoms with E-state index in [1.54, 1.807) is 0 Å². The summed E-state index contributed by atoms with van der Waals surface area (Å²) in [5.41, 5.74) is 2.26. The Labute approximate surface area is 139 Å². The number of aromatic amines is 1. The van der Waals surface area contributed by atoms with E-state index >= 15 is 0 Å². The van der Waals surface area contributed by atoms with Crippen molar-refractivity contribution >= 4 is 22.6 Å². The number of aromatic nitrogens is 3. The summed E-state index contributed by atoms with van der Waals surface area (Å²) >= 11 is 0. The highest BCUT2D eigenvalue weighted by Gasteiger charge is 2.15. The number of anilines is 1. The molecule has 1 aliphatic heterocycles. The number of nitrogens with one attached hydrogen (secondary N) is 2. The van der Waals surface area contributed by atoms with Crippen molar-refractivity contribution in [2.24, 2.45) is 0 Å². The minimum absolute atomic E-state index is 0.184. The first-order valence-corrected chi connectivity index (χ1v) is 8.22. The molecule has 3 heterocycles. The van der Waals surface area contributed by atoms with Crippen molar-refractivity contribution in [3.8, 4) is 0 Å². The van der Waals surface area contributed by atoms with E-state index < -0.39 is 0 Å². The predicted octanol–water partition coefficient (Wildman–Crippen LogP) is 2.49. The fraction of sp³-hybridized carbons (Fsp3) is 0.278. The van der Waals surface area contributed by atoms with Gasteiger partial charge in [0, 0.05) is 31.2 Å². The Balaban J connectivity index is 1.42. The molecule has 3 aromatic rings. The van der Waals surface area contributed by atoms with E-state index in [1.807, 2.05) is 42.6 Å². The third-order valence-electron chi connectivity index (χ3n) is 4.38. The molecule has 0 radical (unpaired) electrons. The van der Waals surface area contributed by atoms with E-state index in [0.29, 0.717) is 12.2 Å². The number of carbonyl (C=O) groups is 1. The number of nitrogens with zero attached hydrogens (tertiary/aromatic N) is 3. The third-order valence-corrected chi connectivity index (χ3v) is 4.38. The Morgan fingerprint density at radius 3 is 2.79 bits per heavy atom. The molecule has 4 rings (SSSR count). The average molecular weight is 321 g/mol. The minimum atomic E-state index is -0.184. The summed E-state index contributed by atoms with van der Waals surface area (Å²) in [4.78, 5) is 19.1. The van der Waals surface area contributed by atoms with Gasteiger partial charge in [0.15, 0.2) is 5.69 Å². The molecular formula is C18H19N5O. The van der Waals surface area contributed by atoms with Gasteiger partial charge in [-0.1, -0.05) is 24.3 Å². The number of benzene rings is 1. The average Bonchev–Trinajstić information content (AvgIpc) is 3.30. The van der Waals surface area contributed by atoms with Crippen LogP contribution >= 0.6 is 0 Å². The van der Waals surface area contributed by atoms with E-state index in [1.165, 1.54) is 12.8 Å². The molecule has 122 valence electrons. The lowest BCUT2D eigenvalue weighted by Gasteiger charge is -2.16. The first-order valence-electron chi connectivity index (χ1n) is 8.22. The van der Waals surface area contributed by atoms with Crippen LogP contribution in [-0.2, 0) is 6.54 Å². The predicted molar refractivity (Wildman–Crippen MR) is 92.9 cm³/mol. The maximum absolute atomic E-state index is 12.3. The van der Waals surface area contributed by atoms with Crippen molar-refractivity contribution in [1.82, 2.24) is 20.5 Å². The first-order chi connectivity index (χ1) is 11.8. The number of H-pyrrole nitrogens is 1. The molecule has 1 aliphatic rings. The summed E-state index contributed by atoms with van der Waals surface area (Å²) in [5, 5.41) is 10.7. The van der Waals surface area contributed by atoms with Crippen LogP contribution in [0.15, 0.2) is 42.6 Å². The number of amides is 1. The van der Waals surface area contributed by atoms with Crippen molar-refractivity contribution < 1.29 is 4.79 Å². The summed E-state index contributed by atoms with van der Waals surface area (Å²) in [7, 11) is 0. The number of para-hydroxylation sites is 1. The van der Waals surface area contributed by atoms with Gasteiger partial charge >= 0.3 is 0 Å². The monoisotopic (exact) mass is 321 g/mol. The molecule has 2 aromatic heterocycles. The summed E-state index contributed by atoms with van der Waals surface area (Å²) in [6.07, 6.45) is 4.30. The normalized spacial score (nSPS) is 14.2. The van der Waals surface area contributed by atoms with Gasteiger partial charge in [0.05, 0.1) is 5.52 Å². The maximum Gasteiger partial charge on any atom is 0.272 e. The fourth-order valence-corrected chi connectivity index (χ4v) is 3.06. The molecule has 1 aromatic carbocycles. The van der Waals surface area contributed by atoms with Gasteiger partial charge in [-0.3, -0.25) is 9.89 Å². The van der Waals surface area contributed by atoms with Crippen molar-refractivity contribution in [2.75, 3.05) is 18.0 Å². The van der Waals surface area contributed by atoms with Crippen molar-refractivity contribution in [1.29, 1.82) is 0 Å². The molecule has 1 fully saturated rings. The number of carbonyl (C=O) groups excluding carboxylic acids is 1. The van der Waals surface area contributed by atoms with Crippen LogP contribution in [0.1, 0.15) is 28.9 Å². The maximum atomic E-state index is 12.3. The van der Waals surface area contributed by atoms with Crippen LogP contribution in [0.5, 0.6) is 0 Å². The molecule has 1 saturated heterocycles. The quantitative estimate of drug-likeness (QED) is 0.774. The van der Waals surface area contributed by atoms with E-state index in [0.717, 1.165) is 35.4 Å². The van der Waals surface area contributed by atoms with Gasteiger partial charge in [-0.2, -0.15) is 5.10 Å². The molecule has 1 amide bonds. The Morgan fingerprint density at radius 2 is 2.00 bits per heavy atom. The van der Waals surface area contributed by atoms with Crippen LogP contribution in [0.3, 0.4) is 0 Å². The Hall–Kier alpha value is -2.89. The highest BCUT2D eigenvalue weighted by molar-refractivity contribution is 6.04. The zero-order valence-electron chi connectivity index (χ0n) is 13.3. The van der Waals surface area contributed by atoms with Gasteiger partial charge in [0.1, 0.15) is 5.82 Å². The standard InChI is InChI=1S/C18H19N5O/c24-18(17-14-5-1-2-6-15(14)21-22-17)20-12-13-7-8-16(19-11-13)23-9-3-4-10-23/h1-2,5-8,11H,3-4,9-10,12H2,(H,20,24)(H,21,22). The third kappa shape index (κ3) is 2.82. The topological polar surface area (TPSA) is 73.9 Å². The fourth-order valence-electron chi connectivity index (χ4n) is 3.06. The molecule has 0 spiro atoms. The molecular weight excluding hydrogens is 302 g/mol. The highest BCUT2D eigenvalue weighted by Crippen LogP contribution is 2.18. The highest BCUT2D eigenvalue weighted by atomic mass is 16.1. The number of hydrogen-bond donors (Lipinski definition) is 2. The van der Waals surface area contributed by atoms with Crippen molar-refractivity contribution in [3.05, 3.63) is 53.9 Å². The zero-order chi connectivity index (χ0) is 16.4. The number of pyridine rings is 1. The summed E-state index contributed by atoms with van der Waals surface area (Å²) < 4.78 is 0. The number of fused-ring (bicyclic) bond motifs is 1.